The molecule has 0 saturated carbocycles. The van der Waals surface area contributed by atoms with E-state index in [0.29, 0.717) is 11.3 Å². The van der Waals surface area contributed by atoms with Gasteiger partial charge in [-0.25, -0.2) is 4.39 Å². The molecule has 2 atom stereocenters. The molecule has 0 aliphatic rings. The van der Waals surface area contributed by atoms with Crippen LogP contribution in [0.1, 0.15) is 49.5 Å². The summed E-state index contributed by atoms with van der Waals surface area (Å²) in [6.07, 6.45) is 0. The molecule has 0 aromatic heterocycles. The molecule has 0 bridgehead atoms. The highest BCUT2D eigenvalue weighted by atomic mass is 19.1. The van der Waals surface area contributed by atoms with E-state index in [0.717, 1.165) is 0 Å². The molecule has 0 heterocycles. The Balaban J connectivity index is 0.00000187. The molecular formula is C28H30FNO3. The summed E-state index contributed by atoms with van der Waals surface area (Å²) in [4.78, 5) is 40.1. The number of carbonyl (C=O) groups excluding carboxylic acids is 3. The molecule has 1 N–H and O–H groups in total. The van der Waals surface area contributed by atoms with Crippen molar-refractivity contribution in [3.05, 3.63) is 102 Å². The van der Waals surface area contributed by atoms with Crippen LogP contribution in [-0.4, -0.2) is 17.5 Å². The standard InChI is InChI=1S/C26H24FNO3.C2H6/c1-17(2)24(29)23(26(31)28-21-11-7-4-8-12-21)22(18-9-5-3-6-10-18)25(30)19-13-15-20(27)16-14-19;1-2/h3-17,22-23H,1-2H3,(H,28,31);1-2H3. The minimum atomic E-state index is -1.24. The predicted molar refractivity (Wildman–Crippen MR) is 130 cm³/mol. The molecule has 0 spiro atoms. The molecule has 3 aromatic rings. The van der Waals surface area contributed by atoms with Crippen molar-refractivity contribution >= 4 is 23.2 Å². The van der Waals surface area contributed by atoms with E-state index in [-0.39, 0.29) is 11.3 Å². The molecule has 0 fully saturated rings. The summed E-state index contributed by atoms with van der Waals surface area (Å²) in [5.41, 5.74) is 1.33. The average molecular weight is 448 g/mol. The second kappa shape index (κ2) is 12.4. The number of amides is 1. The van der Waals surface area contributed by atoms with E-state index in [4.69, 9.17) is 0 Å². The first kappa shape index (κ1) is 25.7. The van der Waals surface area contributed by atoms with Crippen LogP contribution in [0.4, 0.5) is 10.1 Å². The van der Waals surface area contributed by atoms with E-state index >= 15 is 0 Å². The highest BCUT2D eigenvalue weighted by molar-refractivity contribution is 6.14. The van der Waals surface area contributed by atoms with Gasteiger partial charge in [-0.15, -0.1) is 0 Å². The molecule has 172 valence electrons. The summed E-state index contributed by atoms with van der Waals surface area (Å²) in [5.74, 6) is -4.49. The molecule has 4 nitrogen and oxygen atoms in total. The number of Topliss-reactive ketones (excluding diaryl/α,β-unsaturated/α-hetero) is 2. The number of hydrogen-bond donors (Lipinski definition) is 1. The van der Waals surface area contributed by atoms with Crippen LogP contribution in [0.5, 0.6) is 0 Å². The van der Waals surface area contributed by atoms with Gasteiger partial charge in [-0.3, -0.25) is 14.4 Å². The van der Waals surface area contributed by atoms with Gasteiger partial charge < -0.3 is 5.32 Å². The minimum Gasteiger partial charge on any atom is -0.325 e. The van der Waals surface area contributed by atoms with Crippen LogP contribution < -0.4 is 5.32 Å². The highest BCUT2D eigenvalue weighted by Gasteiger charge is 2.41. The third kappa shape index (κ3) is 6.69. The summed E-state index contributed by atoms with van der Waals surface area (Å²) in [6, 6.07) is 22.7. The number of ketones is 2. The largest absolute Gasteiger partial charge is 0.325 e. The van der Waals surface area contributed by atoms with Crippen LogP contribution in [0.2, 0.25) is 0 Å². The zero-order valence-electron chi connectivity index (χ0n) is 19.4. The van der Waals surface area contributed by atoms with Crippen LogP contribution in [0, 0.1) is 17.7 Å². The number of hydrogen-bond acceptors (Lipinski definition) is 3. The first-order chi connectivity index (χ1) is 15.9. The Labute approximate surface area is 194 Å². The fourth-order valence-electron chi connectivity index (χ4n) is 3.49. The Morgan fingerprint density at radius 2 is 1.27 bits per heavy atom. The van der Waals surface area contributed by atoms with Gasteiger partial charge in [-0.05, 0) is 42.0 Å². The Kier molecular flexibility index (Phi) is 9.67. The molecule has 5 heteroatoms. The second-order valence-corrected chi connectivity index (χ2v) is 7.65. The van der Waals surface area contributed by atoms with Gasteiger partial charge in [0.2, 0.25) is 5.91 Å². The Morgan fingerprint density at radius 3 is 1.79 bits per heavy atom. The van der Waals surface area contributed by atoms with Crippen molar-refractivity contribution in [3.63, 3.8) is 0 Å². The predicted octanol–water partition coefficient (Wildman–Crippen LogP) is 6.30. The Hall–Kier alpha value is -3.60. The zero-order chi connectivity index (χ0) is 24.4. The number of rotatable bonds is 8. The van der Waals surface area contributed by atoms with Crippen molar-refractivity contribution in [2.45, 2.75) is 33.6 Å². The van der Waals surface area contributed by atoms with Crippen LogP contribution in [0.25, 0.3) is 0 Å². The first-order valence-electron chi connectivity index (χ1n) is 11.1. The van der Waals surface area contributed by atoms with Crippen LogP contribution >= 0.6 is 0 Å². The van der Waals surface area contributed by atoms with Gasteiger partial charge in [0.25, 0.3) is 0 Å². The Bertz CT molecular complexity index is 1050. The second-order valence-electron chi connectivity index (χ2n) is 7.65. The summed E-state index contributed by atoms with van der Waals surface area (Å²) in [7, 11) is 0. The highest BCUT2D eigenvalue weighted by Crippen LogP contribution is 2.32. The van der Waals surface area contributed by atoms with E-state index in [9.17, 15) is 18.8 Å². The fourth-order valence-corrected chi connectivity index (χ4v) is 3.49. The van der Waals surface area contributed by atoms with Crippen molar-refractivity contribution in [2.75, 3.05) is 5.32 Å². The van der Waals surface area contributed by atoms with E-state index < -0.39 is 35.3 Å². The van der Waals surface area contributed by atoms with Crippen molar-refractivity contribution in [1.82, 2.24) is 0 Å². The fraction of sp³-hybridized carbons (Fsp3) is 0.250. The number of benzene rings is 3. The summed E-state index contributed by atoms with van der Waals surface area (Å²) in [5, 5.41) is 2.77. The molecule has 1 amide bonds. The molecule has 3 aromatic carbocycles. The first-order valence-corrected chi connectivity index (χ1v) is 11.1. The van der Waals surface area contributed by atoms with Gasteiger partial charge in [0.15, 0.2) is 5.78 Å². The maximum absolute atomic E-state index is 13.5. The topological polar surface area (TPSA) is 63.2 Å². The lowest BCUT2D eigenvalue weighted by molar-refractivity contribution is -0.133. The van der Waals surface area contributed by atoms with Crippen LogP contribution in [0.3, 0.4) is 0 Å². The lowest BCUT2D eigenvalue weighted by Crippen LogP contribution is -2.40. The lowest BCUT2D eigenvalue weighted by atomic mass is 9.75. The molecule has 0 aliphatic heterocycles. The molecule has 0 radical (unpaired) electrons. The molecule has 0 saturated heterocycles. The van der Waals surface area contributed by atoms with Crippen molar-refractivity contribution in [3.8, 4) is 0 Å². The lowest BCUT2D eigenvalue weighted by Gasteiger charge is -2.26. The minimum absolute atomic E-state index is 0.240. The van der Waals surface area contributed by atoms with Crippen LogP contribution in [-0.2, 0) is 9.59 Å². The molecule has 3 rings (SSSR count). The SMILES string of the molecule is CC.CC(C)C(=O)C(C(=O)Nc1ccccc1)C(C(=O)c1ccc(F)cc1)c1ccccc1. The number of nitrogens with one attached hydrogen (secondary N) is 1. The third-order valence-electron chi connectivity index (χ3n) is 5.10. The van der Waals surface area contributed by atoms with E-state index in [1.807, 2.05) is 19.9 Å². The normalized spacial score (nSPS) is 12.2. The molecule has 2 unspecified atom stereocenters. The Morgan fingerprint density at radius 1 is 0.758 bits per heavy atom. The average Bonchev–Trinajstić information content (AvgIpc) is 2.84. The van der Waals surface area contributed by atoms with E-state index in [2.05, 4.69) is 5.32 Å². The van der Waals surface area contributed by atoms with Crippen molar-refractivity contribution in [1.29, 1.82) is 0 Å². The smallest absolute Gasteiger partial charge is 0.236 e. The number of para-hydroxylation sites is 1. The third-order valence-corrected chi connectivity index (χ3v) is 5.10. The maximum Gasteiger partial charge on any atom is 0.236 e. The maximum atomic E-state index is 13.5. The number of carbonyl (C=O) groups is 3. The van der Waals surface area contributed by atoms with E-state index in [1.54, 1.807) is 68.4 Å². The quantitative estimate of drug-likeness (QED) is 0.326. The van der Waals surface area contributed by atoms with Gasteiger partial charge >= 0.3 is 0 Å². The molecular weight excluding hydrogens is 417 g/mol. The van der Waals surface area contributed by atoms with Gasteiger partial charge in [0.1, 0.15) is 17.5 Å². The molecule has 33 heavy (non-hydrogen) atoms. The summed E-state index contributed by atoms with van der Waals surface area (Å²) < 4.78 is 13.4. The number of halogens is 1. The summed E-state index contributed by atoms with van der Waals surface area (Å²) in [6.45, 7) is 7.41. The van der Waals surface area contributed by atoms with Gasteiger partial charge in [-0.1, -0.05) is 76.2 Å². The monoisotopic (exact) mass is 447 g/mol. The zero-order valence-corrected chi connectivity index (χ0v) is 19.4. The van der Waals surface area contributed by atoms with Gasteiger partial charge in [0, 0.05) is 17.2 Å². The summed E-state index contributed by atoms with van der Waals surface area (Å²) >= 11 is 0. The van der Waals surface area contributed by atoms with Crippen molar-refractivity contribution < 1.29 is 18.8 Å². The molecule has 0 aliphatic carbocycles. The number of anilines is 1. The van der Waals surface area contributed by atoms with Crippen molar-refractivity contribution in [2.24, 2.45) is 11.8 Å². The van der Waals surface area contributed by atoms with Gasteiger partial charge in [0.05, 0.1) is 5.92 Å². The van der Waals surface area contributed by atoms with Gasteiger partial charge in [-0.2, -0.15) is 0 Å². The van der Waals surface area contributed by atoms with E-state index in [1.165, 1.54) is 24.3 Å². The van der Waals surface area contributed by atoms with Crippen LogP contribution in [0.15, 0.2) is 84.9 Å².